The topological polar surface area (TPSA) is 40.2 Å². The van der Waals surface area contributed by atoms with Crippen molar-refractivity contribution < 1.29 is 9.15 Å². The van der Waals surface area contributed by atoms with Crippen LogP contribution in [0.2, 0.25) is 5.02 Å². The number of halogens is 1. The fourth-order valence-electron chi connectivity index (χ4n) is 2.43. The molecule has 1 atom stereocenters. The van der Waals surface area contributed by atoms with Gasteiger partial charge in [0.25, 0.3) is 0 Å². The molecule has 0 aliphatic carbocycles. The van der Waals surface area contributed by atoms with E-state index in [1.807, 2.05) is 41.4 Å². The summed E-state index contributed by atoms with van der Waals surface area (Å²) in [4.78, 5) is 4.09. The molecule has 0 bridgehead atoms. The highest BCUT2D eigenvalue weighted by Crippen LogP contribution is 2.15. The molecule has 4 nitrogen and oxygen atoms in total. The number of aryl methyl sites for hydroxylation is 1. The largest absolute Gasteiger partial charge is 0.467 e. The highest BCUT2D eigenvalue weighted by atomic mass is 35.5. The first-order valence-electron chi connectivity index (χ1n) is 7.64. The third-order valence-electron chi connectivity index (χ3n) is 3.68. The van der Waals surface area contributed by atoms with E-state index < -0.39 is 0 Å². The molecule has 0 radical (unpaired) electrons. The molecule has 1 aromatic carbocycles. The van der Waals surface area contributed by atoms with Crippen LogP contribution >= 0.6 is 11.6 Å². The molecule has 23 heavy (non-hydrogen) atoms. The number of benzene rings is 1. The molecular formula is C18H19ClN2O2. The lowest BCUT2D eigenvalue weighted by molar-refractivity contribution is 0.0154. The van der Waals surface area contributed by atoms with Crippen LogP contribution in [-0.2, 0) is 24.3 Å². The minimum atomic E-state index is 0.0879. The second kappa shape index (κ2) is 7.99. The van der Waals surface area contributed by atoms with E-state index in [1.165, 1.54) is 5.56 Å². The fourth-order valence-corrected chi connectivity index (χ4v) is 2.56. The molecule has 3 rings (SSSR count). The van der Waals surface area contributed by atoms with Crippen molar-refractivity contribution in [3.05, 3.63) is 77.7 Å². The zero-order valence-electron chi connectivity index (χ0n) is 12.8. The average Bonchev–Trinajstić information content (AvgIpc) is 3.25. The summed E-state index contributed by atoms with van der Waals surface area (Å²) in [5, 5.41) is 0.762. The minimum Gasteiger partial charge on any atom is -0.467 e. The van der Waals surface area contributed by atoms with Crippen LogP contribution in [0.3, 0.4) is 0 Å². The number of rotatable bonds is 8. The van der Waals surface area contributed by atoms with Crippen LogP contribution in [0.25, 0.3) is 0 Å². The van der Waals surface area contributed by atoms with Crippen molar-refractivity contribution in [1.82, 2.24) is 9.55 Å². The van der Waals surface area contributed by atoms with E-state index in [0.29, 0.717) is 6.61 Å². The monoisotopic (exact) mass is 330 g/mol. The second-order valence-corrected chi connectivity index (χ2v) is 5.87. The van der Waals surface area contributed by atoms with Gasteiger partial charge >= 0.3 is 0 Å². The SMILES string of the molecule is Clc1ccc(CCC(Cn2ccnc2)OCc2ccco2)cc1. The third kappa shape index (κ3) is 4.98. The van der Waals surface area contributed by atoms with Crippen LogP contribution < -0.4 is 0 Å². The summed E-state index contributed by atoms with van der Waals surface area (Å²) in [5.41, 5.74) is 1.26. The Morgan fingerprint density at radius 2 is 2.09 bits per heavy atom. The maximum absolute atomic E-state index is 6.04. The normalized spacial score (nSPS) is 12.4. The molecule has 0 amide bonds. The molecule has 2 heterocycles. The molecule has 0 saturated carbocycles. The number of ether oxygens (including phenoxy) is 1. The van der Waals surface area contributed by atoms with Crippen LogP contribution in [0.5, 0.6) is 0 Å². The Morgan fingerprint density at radius 1 is 1.22 bits per heavy atom. The van der Waals surface area contributed by atoms with Crippen LogP contribution in [0.15, 0.2) is 65.8 Å². The Hall–Kier alpha value is -2.04. The number of aromatic nitrogens is 2. The van der Waals surface area contributed by atoms with E-state index in [2.05, 4.69) is 17.1 Å². The number of nitrogens with zero attached hydrogens (tertiary/aromatic N) is 2. The molecule has 0 spiro atoms. The predicted molar refractivity (Wildman–Crippen MR) is 89.3 cm³/mol. The van der Waals surface area contributed by atoms with Gasteiger partial charge in [0.15, 0.2) is 0 Å². The van der Waals surface area contributed by atoms with Crippen molar-refractivity contribution in [3.8, 4) is 0 Å². The highest BCUT2D eigenvalue weighted by molar-refractivity contribution is 6.30. The van der Waals surface area contributed by atoms with Gasteiger partial charge in [-0.2, -0.15) is 0 Å². The van der Waals surface area contributed by atoms with E-state index >= 15 is 0 Å². The van der Waals surface area contributed by atoms with Crippen molar-refractivity contribution >= 4 is 11.6 Å². The van der Waals surface area contributed by atoms with Crippen LogP contribution in [0.4, 0.5) is 0 Å². The average molecular weight is 331 g/mol. The zero-order chi connectivity index (χ0) is 15.9. The molecule has 2 aromatic heterocycles. The molecule has 0 N–H and O–H groups in total. The smallest absolute Gasteiger partial charge is 0.129 e. The van der Waals surface area contributed by atoms with E-state index in [4.69, 9.17) is 20.8 Å². The van der Waals surface area contributed by atoms with Crippen molar-refractivity contribution in [2.75, 3.05) is 0 Å². The Labute approximate surface area is 140 Å². The van der Waals surface area contributed by atoms with Gasteiger partial charge in [0.2, 0.25) is 0 Å². The first-order chi connectivity index (χ1) is 11.3. The quantitative estimate of drug-likeness (QED) is 0.616. The van der Waals surface area contributed by atoms with Gasteiger partial charge in [-0.1, -0.05) is 23.7 Å². The van der Waals surface area contributed by atoms with Gasteiger partial charge < -0.3 is 13.7 Å². The summed E-state index contributed by atoms with van der Waals surface area (Å²) >= 11 is 5.93. The summed E-state index contributed by atoms with van der Waals surface area (Å²) < 4.78 is 13.4. The maximum Gasteiger partial charge on any atom is 0.129 e. The molecule has 0 fully saturated rings. The molecule has 5 heteroatoms. The van der Waals surface area contributed by atoms with Gasteiger partial charge in [-0.25, -0.2) is 4.98 Å². The maximum atomic E-state index is 6.04. The number of hydrogen-bond donors (Lipinski definition) is 0. The molecule has 0 aliphatic rings. The van der Waals surface area contributed by atoms with Crippen molar-refractivity contribution in [2.24, 2.45) is 0 Å². The lowest BCUT2D eigenvalue weighted by atomic mass is 10.1. The Kier molecular flexibility index (Phi) is 5.51. The molecule has 1 unspecified atom stereocenters. The number of furan rings is 1. The number of imidazole rings is 1. The first-order valence-corrected chi connectivity index (χ1v) is 8.01. The van der Waals surface area contributed by atoms with E-state index in [1.54, 1.807) is 12.5 Å². The zero-order valence-corrected chi connectivity index (χ0v) is 13.5. The Morgan fingerprint density at radius 3 is 2.78 bits per heavy atom. The van der Waals surface area contributed by atoms with Gasteiger partial charge in [-0.3, -0.25) is 0 Å². The van der Waals surface area contributed by atoms with E-state index in [-0.39, 0.29) is 6.10 Å². The van der Waals surface area contributed by atoms with Crippen molar-refractivity contribution in [1.29, 1.82) is 0 Å². The lowest BCUT2D eigenvalue weighted by Crippen LogP contribution is -2.20. The summed E-state index contributed by atoms with van der Waals surface area (Å²) in [5.74, 6) is 0.840. The summed E-state index contributed by atoms with van der Waals surface area (Å²) in [6.45, 7) is 1.25. The van der Waals surface area contributed by atoms with Gasteiger partial charge in [0.05, 0.1) is 18.7 Å². The van der Waals surface area contributed by atoms with Crippen LogP contribution in [0.1, 0.15) is 17.7 Å². The molecule has 0 saturated heterocycles. The first kappa shape index (κ1) is 15.8. The van der Waals surface area contributed by atoms with Gasteiger partial charge in [-0.05, 0) is 42.7 Å². The van der Waals surface area contributed by atoms with E-state index in [0.717, 1.165) is 30.2 Å². The molecular weight excluding hydrogens is 312 g/mol. The molecule has 120 valence electrons. The fraction of sp³-hybridized carbons (Fsp3) is 0.278. The Balaban J connectivity index is 1.58. The third-order valence-corrected chi connectivity index (χ3v) is 3.94. The van der Waals surface area contributed by atoms with Crippen molar-refractivity contribution in [3.63, 3.8) is 0 Å². The van der Waals surface area contributed by atoms with Crippen molar-refractivity contribution in [2.45, 2.75) is 32.1 Å². The Bertz CT molecular complexity index is 678. The summed E-state index contributed by atoms with van der Waals surface area (Å²) in [6.07, 6.45) is 9.15. The van der Waals surface area contributed by atoms with Crippen LogP contribution in [-0.4, -0.2) is 15.7 Å². The van der Waals surface area contributed by atoms with Crippen LogP contribution in [0, 0.1) is 0 Å². The molecule has 3 aromatic rings. The second-order valence-electron chi connectivity index (χ2n) is 5.44. The minimum absolute atomic E-state index is 0.0879. The lowest BCUT2D eigenvalue weighted by Gasteiger charge is -2.18. The number of hydrogen-bond acceptors (Lipinski definition) is 3. The predicted octanol–water partition coefficient (Wildman–Crippen LogP) is 4.35. The van der Waals surface area contributed by atoms with Gasteiger partial charge in [0.1, 0.15) is 12.4 Å². The standard InChI is InChI=1S/C18H19ClN2O2/c19-16-6-3-15(4-7-16)5-8-17(12-21-10-9-20-14-21)23-13-18-2-1-11-22-18/h1-4,6-7,9-11,14,17H,5,8,12-13H2. The molecule has 0 aliphatic heterocycles. The summed E-state index contributed by atoms with van der Waals surface area (Å²) in [6, 6.07) is 11.8. The highest BCUT2D eigenvalue weighted by Gasteiger charge is 2.12. The van der Waals surface area contributed by atoms with Gasteiger partial charge in [0, 0.05) is 24.0 Å². The van der Waals surface area contributed by atoms with Gasteiger partial charge in [-0.15, -0.1) is 0 Å². The summed E-state index contributed by atoms with van der Waals surface area (Å²) in [7, 11) is 0. The van der Waals surface area contributed by atoms with E-state index in [9.17, 15) is 0 Å².